The number of ether oxygens (including phenoxy) is 2. The lowest BCUT2D eigenvalue weighted by Crippen LogP contribution is -2.37. The molecular formula is C9H18O4. The zero-order valence-electron chi connectivity index (χ0n) is 8.50. The third kappa shape index (κ3) is 3.74. The molecule has 1 N–H and O–H groups in total. The van der Waals surface area contributed by atoms with E-state index < -0.39 is 11.4 Å². The first kappa shape index (κ1) is 12.4. The molecule has 0 aliphatic carbocycles. The Hall–Kier alpha value is -0.610. The smallest absolute Gasteiger partial charge is 0.316 e. The van der Waals surface area contributed by atoms with E-state index in [0.29, 0.717) is 6.61 Å². The number of carbonyl (C=O) groups is 1. The predicted molar refractivity (Wildman–Crippen MR) is 48.3 cm³/mol. The first-order valence-corrected chi connectivity index (χ1v) is 4.37. The highest BCUT2D eigenvalue weighted by molar-refractivity contribution is 5.76. The van der Waals surface area contributed by atoms with Crippen LogP contribution < -0.4 is 0 Å². The van der Waals surface area contributed by atoms with Gasteiger partial charge in [0, 0.05) is 7.11 Å². The second-order valence-electron chi connectivity index (χ2n) is 3.29. The van der Waals surface area contributed by atoms with E-state index in [2.05, 4.69) is 0 Å². The second kappa shape index (κ2) is 5.94. The molecule has 1 atom stereocenters. The summed E-state index contributed by atoms with van der Waals surface area (Å²) < 4.78 is 9.76. The van der Waals surface area contributed by atoms with E-state index in [-0.39, 0.29) is 13.2 Å². The van der Waals surface area contributed by atoms with Gasteiger partial charge in [0.2, 0.25) is 0 Å². The highest BCUT2D eigenvalue weighted by atomic mass is 16.5. The quantitative estimate of drug-likeness (QED) is 0.623. The van der Waals surface area contributed by atoms with Crippen molar-refractivity contribution in [2.45, 2.75) is 20.3 Å². The van der Waals surface area contributed by atoms with Crippen molar-refractivity contribution in [3.05, 3.63) is 0 Å². The summed E-state index contributed by atoms with van der Waals surface area (Å²) in [4.78, 5) is 11.4. The fraction of sp³-hybridized carbons (Fsp3) is 0.889. The molecule has 4 heteroatoms. The van der Waals surface area contributed by atoms with Crippen LogP contribution in [0, 0.1) is 5.41 Å². The van der Waals surface area contributed by atoms with Crippen LogP contribution in [0.2, 0.25) is 0 Å². The Morgan fingerprint density at radius 2 is 2.15 bits per heavy atom. The Morgan fingerprint density at radius 3 is 2.54 bits per heavy atom. The SMILES string of the molecule is CCCOC(=O)C(C)(CO)COC. The summed E-state index contributed by atoms with van der Waals surface area (Å²) in [6.07, 6.45) is 0.778. The van der Waals surface area contributed by atoms with Crippen molar-refractivity contribution in [3.63, 3.8) is 0 Å². The molecule has 0 heterocycles. The van der Waals surface area contributed by atoms with Gasteiger partial charge in [0.15, 0.2) is 0 Å². The lowest BCUT2D eigenvalue weighted by Gasteiger charge is -2.23. The standard InChI is InChI=1S/C9H18O4/c1-4-5-13-8(11)9(2,6-10)7-12-3/h10H,4-7H2,1-3H3. The van der Waals surface area contributed by atoms with E-state index in [4.69, 9.17) is 14.6 Å². The van der Waals surface area contributed by atoms with Crippen molar-refractivity contribution in [2.24, 2.45) is 5.41 Å². The molecule has 0 saturated carbocycles. The Kier molecular flexibility index (Phi) is 5.66. The molecule has 0 fully saturated rings. The molecule has 0 aromatic heterocycles. The summed E-state index contributed by atoms with van der Waals surface area (Å²) in [5, 5.41) is 9.01. The highest BCUT2D eigenvalue weighted by Gasteiger charge is 2.34. The van der Waals surface area contributed by atoms with Crippen molar-refractivity contribution in [3.8, 4) is 0 Å². The minimum absolute atomic E-state index is 0.173. The zero-order chi connectivity index (χ0) is 10.3. The number of hydrogen-bond donors (Lipinski definition) is 1. The van der Waals surface area contributed by atoms with Gasteiger partial charge in [0.25, 0.3) is 0 Å². The fourth-order valence-electron chi connectivity index (χ4n) is 0.857. The van der Waals surface area contributed by atoms with Gasteiger partial charge in [-0.2, -0.15) is 0 Å². The fourth-order valence-corrected chi connectivity index (χ4v) is 0.857. The number of rotatable bonds is 6. The lowest BCUT2D eigenvalue weighted by atomic mass is 9.93. The third-order valence-electron chi connectivity index (χ3n) is 1.74. The molecule has 0 rings (SSSR count). The largest absolute Gasteiger partial charge is 0.465 e. The van der Waals surface area contributed by atoms with Gasteiger partial charge in [-0.3, -0.25) is 4.79 Å². The molecule has 0 aromatic rings. The molecule has 0 saturated heterocycles. The molecule has 1 unspecified atom stereocenters. The molecule has 0 spiro atoms. The Balaban J connectivity index is 4.12. The number of aliphatic hydroxyl groups is 1. The summed E-state index contributed by atoms with van der Waals surface area (Å²) in [5.74, 6) is -0.404. The van der Waals surface area contributed by atoms with E-state index in [1.165, 1.54) is 7.11 Å². The minimum atomic E-state index is -0.927. The number of carbonyl (C=O) groups excluding carboxylic acids is 1. The van der Waals surface area contributed by atoms with E-state index in [1.54, 1.807) is 6.92 Å². The summed E-state index contributed by atoms with van der Waals surface area (Å²) in [7, 11) is 1.49. The summed E-state index contributed by atoms with van der Waals surface area (Å²) >= 11 is 0. The third-order valence-corrected chi connectivity index (χ3v) is 1.74. The number of esters is 1. The van der Waals surface area contributed by atoms with E-state index in [1.807, 2.05) is 6.92 Å². The predicted octanol–water partition coefficient (Wildman–Crippen LogP) is 0.585. The first-order valence-electron chi connectivity index (χ1n) is 4.37. The van der Waals surface area contributed by atoms with Gasteiger partial charge in [-0.25, -0.2) is 0 Å². The maximum atomic E-state index is 11.4. The van der Waals surface area contributed by atoms with Crippen LogP contribution in [0.25, 0.3) is 0 Å². The molecule has 0 radical (unpaired) electrons. The lowest BCUT2D eigenvalue weighted by molar-refractivity contribution is -0.160. The molecule has 0 bridgehead atoms. The van der Waals surface area contributed by atoms with Crippen LogP contribution in [-0.2, 0) is 14.3 Å². The van der Waals surface area contributed by atoms with Crippen LogP contribution >= 0.6 is 0 Å². The van der Waals surface area contributed by atoms with Crippen molar-refractivity contribution in [1.29, 1.82) is 0 Å². The zero-order valence-corrected chi connectivity index (χ0v) is 8.50. The van der Waals surface area contributed by atoms with Crippen LogP contribution in [-0.4, -0.2) is 38.0 Å². The van der Waals surface area contributed by atoms with Gasteiger partial charge < -0.3 is 14.6 Å². The second-order valence-corrected chi connectivity index (χ2v) is 3.29. The van der Waals surface area contributed by atoms with Crippen molar-refractivity contribution >= 4 is 5.97 Å². The van der Waals surface area contributed by atoms with Gasteiger partial charge in [-0.15, -0.1) is 0 Å². The van der Waals surface area contributed by atoms with Gasteiger partial charge in [-0.1, -0.05) is 6.92 Å². The average molecular weight is 190 g/mol. The maximum absolute atomic E-state index is 11.4. The van der Waals surface area contributed by atoms with Crippen molar-refractivity contribution in [2.75, 3.05) is 26.9 Å². The summed E-state index contributed by atoms with van der Waals surface area (Å²) in [6.45, 7) is 3.84. The van der Waals surface area contributed by atoms with Gasteiger partial charge in [-0.05, 0) is 13.3 Å². The summed E-state index contributed by atoms with van der Waals surface area (Å²) in [6, 6.07) is 0. The molecule has 78 valence electrons. The monoisotopic (exact) mass is 190 g/mol. The first-order chi connectivity index (χ1) is 6.10. The number of methoxy groups -OCH3 is 1. The van der Waals surface area contributed by atoms with Crippen LogP contribution in [0.3, 0.4) is 0 Å². The average Bonchev–Trinajstić information content (AvgIpc) is 2.14. The molecule has 0 amide bonds. The van der Waals surface area contributed by atoms with Crippen LogP contribution in [0.4, 0.5) is 0 Å². The molecule has 0 aromatic carbocycles. The normalized spacial score (nSPS) is 15.1. The highest BCUT2D eigenvalue weighted by Crippen LogP contribution is 2.17. The van der Waals surface area contributed by atoms with Gasteiger partial charge in [0.1, 0.15) is 5.41 Å². The van der Waals surface area contributed by atoms with E-state index in [0.717, 1.165) is 6.42 Å². The van der Waals surface area contributed by atoms with Crippen LogP contribution in [0.15, 0.2) is 0 Å². The van der Waals surface area contributed by atoms with Crippen LogP contribution in [0.1, 0.15) is 20.3 Å². The number of hydrogen-bond acceptors (Lipinski definition) is 4. The molecule has 0 aliphatic rings. The Labute approximate surface area is 78.8 Å². The molecule has 4 nitrogen and oxygen atoms in total. The summed E-state index contributed by atoms with van der Waals surface area (Å²) in [5.41, 5.74) is -0.927. The van der Waals surface area contributed by atoms with Crippen molar-refractivity contribution < 1.29 is 19.4 Å². The van der Waals surface area contributed by atoms with Crippen molar-refractivity contribution in [1.82, 2.24) is 0 Å². The number of aliphatic hydroxyl groups excluding tert-OH is 1. The molecule has 0 aliphatic heterocycles. The Morgan fingerprint density at radius 1 is 1.54 bits per heavy atom. The minimum Gasteiger partial charge on any atom is -0.465 e. The van der Waals surface area contributed by atoms with Gasteiger partial charge >= 0.3 is 5.97 Å². The van der Waals surface area contributed by atoms with E-state index >= 15 is 0 Å². The topological polar surface area (TPSA) is 55.8 Å². The van der Waals surface area contributed by atoms with E-state index in [9.17, 15) is 4.79 Å². The van der Waals surface area contributed by atoms with Crippen LogP contribution in [0.5, 0.6) is 0 Å². The molecular weight excluding hydrogens is 172 g/mol. The van der Waals surface area contributed by atoms with Gasteiger partial charge in [0.05, 0.1) is 19.8 Å². The maximum Gasteiger partial charge on any atom is 0.316 e. The molecule has 13 heavy (non-hydrogen) atoms. The Bertz CT molecular complexity index is 158.